The van der Waals surface area contributed by atoms with Crippen LogP contribution in [0.1, 0.15) is 41.6 Å². The molecule has 3 heterocycles. The smallest absolute Gasteiger partial charge is 0.222 e. The Labute approximate surface area is 159 Å². The summed E-state index contributed by atoms with van der Waals surface area (Å²) in [7, 11) is 3.86. The normalized spacial score (nSPS) is 15.8. The summed E-state index contributed by atoms with van der Waals surface area (Å²) in [6.45, 7) is 2.70. The summed E-state index contributed by atoms with van der Waals surface area (Å²) < 4.78 is 1.95. The van der Waals surface area contributed by atoms with Crippen LogP contribution in [0.5, 0.6) is 0 Å². The molecule has 1 aliphatic heterocycles. The van der Waals surface area contributed by atoms with E-state index in [2.05, 4.69) is 22.6 Å². The summed E-state index contributed by atoms with van der Waals surface area (Å²) in [5, 5.41) is 16.9. The fourth-order valence-electron chi connectivity index (χ4n) is 3.33. The van der Waals surface area contributed by atoms with Crippen LogP contribution >= 0.6 is 11.3 Å². The van der Waals surface area contributed by atoms with E-state index in [1.165, 1.54) is 4.88 Å². The van der Waals surface area contributed by atoms with Crippen LogP contribution in [0.15, 0.2) is 23.6 Å². The molecule has 1 atom stereocenters. The predicted molar refractivity (Wildman–Crippen MR) is 103 cm³/mol. The quantitative estimate of drug-likeness (QED) is 0.805. The van der Waals surface area contributed by atoms with E-state index in [1.807, 2.05) is 34.6 Å². The number of amides is 1. The molecule has 0 fully saturated rings. The molecule has 7 heteroatoms. The Morgan fingerprint density at radius 1 is 1.42 bits per heavy atom. The van der Waals surface area contributed by atoms with Crippen molar-refractivity contribution in [1.29, 1.82) is 0 Å². The molecular weight excluding hydrogens is 348 g/mol. The Balaban J connectivity index is 1.57. The van der Waals surface area contributed by atoms with Gasteiger partial charge in [-0.05, 0) is 50.9 Å². The maximum absolute atomic E-state index is 12.6. The molecule has 2 aromatic rings. The lowest BCUT2D eigenvalue weighted by molar-refractivity contribution is -0.131. The molecule has 0 saturated heterocycles. The second-order valence-electron chi connectivity index (χ2n) is 7.16. The molecule has 0 aliphatic carbocycles. The first kappa shape index (κ1) is 19.1. The van der Waals surface area contributed by atoms with Crippen LogP contribution < -0.4 is 0 Å². The van der Waals surface area contributed by atoms with Crippen molar-refractivity contribution in [3.63, 3.8) is 0 Å². The van der Waals surface area contributed by atoms with Crippen LogP contribution in [-0.2, 0) is 24.3 Å². The Morgan fingerprint density at radius 3 is 3.00 bits per heavy atom. The summed E-state index contributed by atoms with van der Waals surface area (Å²) >= 11 is 1.75. The van der Waals surface area contributed by atoms with Gasteiger partial charge in [-0.15, -0.1) is 11.3 Å². The molecule has 1 aliphatic rings. The number of aliphatic hydroxyl groups excluding tert-OH is 1. The SMILES string of the molecule is CN(C)CC(O)c1cc2n(n1)CCCN(C(=O)CCCc1cccs1)C2. The van der Waals surface area contributed by atoms with E-state index in [0.29, 0.717) is 25.2 Å². The van der Waals surface area contributed by atoms with Crippen LogP contribution in [0.4, 0.5) is 0 Å². The van der Waals surface area contributed by atoms with Crippen LogP contribution in [-0.4, -0.2) is 57.8 Å². The van der Waals surface area contributed by atoms with Crippen LogP contribution in [0.2, 0.25) is 0 Å². The fraction of sp³-hybridized carbons (Fsp3) is 0.579. The number of nitrogens with zero attached hydrogens (tertiary/aromatic N) is 4. The summed E-state index contributed by atoms with van der Waals surface area (Å²) in [6.07, 6.45) is 2.74. The summed E-state index contributed by atoms with van der Waals surface area (Å²) in [5.41, 5.74) is 1.71. The van der Waals surface area contributed by atoms with Gasteiger partial charge < -0.3 is 14.9 Å². The van der Waals surface area contributed by atoms with E-state index in [0.717, 1.165) is 38.0 Å². The van der Waals surface area contributed by atoms with Gasteiger partial charge in [0.2, 0.25) is 5.91 Å². The second-order valence-corrected chi connectivity index (χ2v) is 8.20. The van der Waals surface area contributed by atoms with Gasteiger partial charge in [-0.3, -0.25) is 9.48 Å². The van der Waals surface area contributed by atoms with Gasteiger partial charge >= 0.3 is 0 Å². The minimum atomic E-state index is -0.598. The molecular formula is C19H28N4O2S. The molecule has 0 saturated carbocycles. The molecule has 0 aromatic carbocycles. The minimum Gasteiger partial charge on any atom is -0.385 e. The lowest BCUT2D eigenvalue weighted by Gasteiger charge is -2.20. The maximum atomic E-state index is 12.6. The van der Waals surface area contributed by atoms with Crippen molar-refractivity contribution in [3.05, 3.63) is 39.8 Å². The van der Waals surface area contributed by atoms with Crippen molar-refractivity contribution >= 4 is 17.2 Å². The van der Waals surface area contributed by atoms with E-state index >= 15 is 0 Å². The zero-order valence-electron chi connectivity index (χ0n) is 15.6. The zero-order chi connectivity index (χ0) is 18.5. The van der Waals surface area contributed by atoms with Crippen LogP contribution in [0, 0.1) is 0 Å². The number of carbonyl (C=O) groups excluding carboxylic acids is 1. The molecule has 0 bridgehead atoms. The first-order valence-electron chi connectivity index (χ1n) is 9.22. The van der Waals surface area contributed by atoms with Gasteiger partial charge in [-0.2, -0.15) is 5.10 Å². The second kappa shape index (κ2) is 8.79. The van der Waals surface area contributed by atoms with Gasteiger partial charge in [-0.1, -0.05) is 6.07 Å². The van der Waals surface area contributed by atoms with E-state index < -0.39 is 6.10 Å². The average Bonchev–Trinajstić information content (AvgIpc) is 3.20. The number of fused-ring (bicyclic) bond motifs is 1. The monoisotopic (exact) mass is 376 g/mol. The molecule has 1 N–H and O–H groups in total. The number of thiophene rings is 1. The van der Waals surface area contributed by atoms with Gasteiger partial charge in [-0.25, -0.2) is 0 Å². The number of rotatable bonds is 7. The lowest BCUT2D eigenvalue weighted by Crippen LogP contribution is -2.30. The molecule has 2 aromatic heterocycles. The summed E-state index contributed by atoms with van der Waals surface area (Å²) in [6, 6.07) is 6.13. The number of likely N-dealkylation sites (N-methyl/N-ethyl adjacent to an activating group) is 1. The number of hydrogen-bond donors (Lipinski definition) is 1. The topological polar surface area (TPSA) is 61.6 Å². The van der Waals surface area contributed by atoms with E-state index in [1.54, 1.807) is 11.3 Å². The number of hydrogen-bond acceptors (Lipinski definition) is 5. The van der Waals surface area contributed by atoms with E-state index in [4.69, 9.17) is 0 Å². The van der Waals surface area contributed by atoms with Gasteiger partial charge in [0.15, 0.2) is 0 Å². The highest BCUT2D eigenvalue weighted by molar-refractivity contribution is 7.09. The summed E-state index contributed by atoms with van der Waals surface area (Å²) in [5.74, 6) is 0.214. The van der Waals surface area contributed by atoms with Gasteiger partial charge in [0.1, 0.15) is 6.10 Å². The highest BCUT2D eigenvalue weighted by atomic mass is 32.1. The number of aryl methyl sites for hydroxylation is 2. The number of carbonyl (C=O) groups is 1. The largest absolute Gasteiger partial charge is 0.385 e. The molecule has 0 spiro atoms. The Morgan fingerprint density at radius 2 is 2.27 bits per heavy atom. The van der Waals surface area contributed by atoms with Gasteiger partial charge in [0.25, 0.3) is 0 Å². The van der Waals surface area contributed by atoms with Gasteiger partial charge in [0, 0.05) is 30.9 Å². The number of aromatic nitrogens is 2. The van der Waals surface area contributed by atoms with Crippen molar-refractivity contribution in [2.45, 2.75) is 44.9 Å². The Kier molecular flexibility index (Phi) is 6.45. The first-order chi connectivity index (χ1) is 12.5. The summed E-state index contributed by atoms with van der Waals surface area (Å²) in [4.78, 5) is 17.8. The van der Waals surface area contributed by atoms with Crippen molar-refractivity contribution in [2.24, 2.45) is 0 Å². The molecule has 142 valence electrons. The van der Waals surface area contributed by atoms with Crippen molar-refractivity contribution in [1.82, 2.24) is 19.6 Å². The fourth-order valence-corrected chi connectivity index (χ4v) is 4.08. The van der Waals surface area contributed by atoms with Crippen LogP contribution in [0.25, 0.3) is 0 Å². The molecule has 0 radical (unpaired) electrons. The lowest BCUT2D eigenvalue weighted by atomic mass is 10.2. The predicted octanol–water partition coefficient (Wildman–Crippen LogP) is 2.29. The zero-order valence-corrected chi connectivity index (χ0v) is 16.4. The van der Waals surface area contributed by atoms with Crippen molar-refractivity contribution in [3.8, 4) is 0 Å². The standard InChI is InChI=1S/C19H28N4O2S/c1-21(2)14-18(24)17-12-15-13-22(9-5-10-23(15)20-17)19(25)8-3-6-16-7-4-11-26-16/h4,7,11-12,18,24H,3,5-6,8-10,13-14H2,1-2H3. The third-order valence-corrected chi connectivity index (χ3v) is 5.60. The van der Waals surface area contributed by atoms with E-state index in [9.17, 15) is 9.90 Å². The molecule has 1 unspecified atom stereocenters. The maximum Gasteiger partial charge on any atom is 0.222 e. The number of aliphatic hydroxyl groups is 1. The third kappa shape index (κ3) is 4.93. The molecule has 1 amide bonds. The average molecular weight is 377 g/mol. The highest BCUT2D eigenvalue weighted by Gasteiger charge is 2.22. The van der Waals surface area contributed by atoms with Gasteiger partial charge in [0.05, 0.1) is 17.9 Å². The molecule has 26 heavy (non-hydrogen) atoms. The minimum absolute atomic E-state index is 0.214. The molecule has 3 rings (SSSR count). The highest BCUT2D eigenvalue weighted by Crippen LogP contribution is 2.20. The van der Waals surface area contributed by atoms with Crippen molar-refractivity contribution < 1.29 is 9.90 Å². The molecule has 6 nitrogen and oxygen atoms in total. The van der Waals surface area contributed by atoms with E-state index in [-0.39, 0.29) is 5.91 Å². The van der Waals surface area contributed by atoms with Crippen LogP contribution in [0.3, 0.4) is 0 Å². The first-order valence-corrected chi connectivity index (χ1v) is 10.1. The van der Waals surface area contributed by atoms with Crippen molar-refractivity contribution in [2.75, 3.05) is 27.2 Å². The Bertz CT molecular complexity index is 711. The Hall–Kier alpha value is -1.70. The third-order valence-electron chi connectivity index (χ3n) is 4.66.